The Bertz CT molecular complexity index is 1210. The molecule has 0 aromatic carbocycles. The minimum absolute atomic E-state index is 0.146. The summed E-state index contributed by atoms with van der Waals surface area (Å²) in [6, 6.07) is 5.20. The fourth-order valence-corrected chi connectivity index (χ4v) is 3.22. The highest BCUT2D eigenvalue weighted by Gasteiger charge is 2.17. The number of primary amides is 1. The highest BCUT2D eigenvalue weighted by molar-refractivity contribution is 7.12. The van der Waals surface area contributed by atoms with Gasteiger partial charge in [0.15, 0.2) is 0 Å². The minimum Gasteiger partial charge on any atom is -0.366 e. The molecule has 0 unspecified atom stereocenters. The molecule has 138 valence electrons. The molecule has 0 aliphatic heterocycles. The number of amides is 2. The third-order valence-corrected chi connectivity index (χ3v) is 4.81. The Morgan fingerprint density at radius 2 is 1.93 bits per heavy atom. The lowest BCUT2D eigenvalue weighted by Gasteiger charge is -2.09. The minimum atomic E-state index is -0.641. The molecule has 4 rings (SSSR count). The summed E-state index contributed by atoms with van der Waals surface area (Å²) >= 11 is 1.41. The molecule has 2 amide bonds. The number of nitrogens with one attached hydrogen (secondary N) is 1. The zero-order valence-electron chi connectivity index (χ0n) is 14.6. The summed E-state index contributed by atoms with van der Waals surface area (Å²) in [5, 5.41) is 12.0. The molecule has 28 heavy (non-hydrogen) atoms. The molecule has 4 heterocycles. The number of pyridine rings is 3. The Labute approximate surface area is 162 Å². The zero-order chi connectivity index (χ0) is 19.7. The Morgan fingerprint density at radius 3 is 2.64 bits per heavy atom. The van der Waals surface area contributed by atoms with Crippen LogP contribution in [0, 0.1) is 0 Å². The van der Waals surface area contributed by atoms with Crippen LogP contribution < -0.4 is 11.1 Å². The molecule has 0 atom stereocenters. The van der Waals surface area contributed by atoms with E-state index in [4.69, 9.17) is 5.73 Å². The lowest BCUT2D eigenvalue weighted by Crippen LogP contribution is -2.21. The Kier molecular flexibility index (Phi) is 4.45. The molecular formula is C18H13N7O2S. The number of hydrogen-bond acceptors (Lipinski definition) is 8. The topological polar surface area (TPSA) is 137 Å². The van der Waals surface area contributed by atoms with Gasteiger partial charge in [0.25, 0.3) is 5.91 Å². The van der Waals surface area contributed by atoms with Crippen molar-refractivity contribution in [1.29, 1.82) is 0 Å². The second-order valence-electron chi connectivity index (χ2n) is 5.79. The number of carbonyl (C=O) groups excluding carboxylic acids is 2. The van der Waals surface area contributed by atoms with Gasteiger partial charge in [-0.25, -0.2) is 4.98 Å². The molecule has 0 fully saturated rings. The van der Waals surface area contributed by atoms with E-state index in [0.29, 0.717) is 16.8 Å². The van der Waals surface area contributed by atoms with Gasteiger partial charge in [0.05, 0.1) is 23.0 Å². The largest absolute Gasteiger partial charge is 0.366 e. The molecule has 9 nitrogen and oxygen atoms in total. The smallest absolute Gasteiger partial charge is 0.270 e. The second kappa shape index (κ2) is 7.08. The van der Waals surface area contributed by atoms with E-state index in [0.717, 1.165) is 16.0 Å². The number of nitrogens with two attached hydrogens (primary N) is 1. The van der Waals surface area contributed by atoms with E-state index in [2.05, 4.69) is 30.5 Å². The molecule has 0 aliphatic rings. The molecule has 0 radical (unpaired) electrons. The summed E-state index contributed by atoms with van der Waals surface area (Å²) in [6.07, 6.45) is 4.57. The van der Waals surface area contributed by atoms with Crippen molar-refractivity contribution >= 4 is 34.1 Å². The van der Waals surface area contributed by atoms with Crippen LogP contribution in [0.15, 0.2) is 42.3 Å². The third kappa shape index (κ3) is 3.16. The maximum absolute atomic E-state index is 12.2. The van der Waals surface area contributed by atoms with Gasteiger partial charge >= 0.3 is 0 Å². The third-order valence-electron chi connectivity index (χ3n) is 4.06. The maximum Gasteiger partial charge on any atom is 0.270 e. The number of nitrogens with zero attached hydrogens (tertiary/aromatic N) is 5. The predicted octanol–water partition coefficient (Wildman–Crippen LogP) is 1.67. The van der Waals surface area contributed by atoms with E-state index in [1.54, 1.807) is 24.0 Å². The van der Waals surface area contributed by atoms with E-state index >= 15 is 0 Å². The number of hydrogen-bond donors (Lipinski definition) is 2. The van der Waals surface area contributed by atoms with Gasteiger partial charge < -0.3 is 11.1 Å². The number of aromatic nitrogens is 5. The van der Waals surface area contributed by atoms with Crippen LogP contribution in [-0.4, -0.2) is 44.0 Å². The average Bonchev–Trinajstić information content (AvgIpc) is 3.26. The van der Waals surface area contributed by atoms with Gasteiger partial charge in [-0.2, -0.15) is 0 Å². The van der Waals surface area contributed by atoms with Crippen LogP contribution in [0.2, 0.25) is 0 Å². The van der Waals surface area contributed by atoms with Crippen molar-refractivity contribution in [3.05, 3.63) is 53.6 Å². The summed E-state index contributed by atoms with van der Waals surface area (Å²) in [4.78, 5) is 36.7. The second-order valence-corrected chi connectivity index (χ2v) is 6.63. The van der Waals surface area contributed by atoms with E-state index < -0.39 is 11.8 Å². The summed E-state index contributed by atoms with van der Waals surface area (Å²) in [5.74, 6) is -1.04. The summed E-state index contributed by atoms with van der Waals surface area (Å²) in [6.45, 7) is 0. The summed E-state index contributed by atoms with van der Waals surface area (Å²) in [5.41, 5.74) is 9.71. The number of rotatable bonds is 4. The van der Waals surface area contributed by atoms with E-state index in [-0.39, 0.29) is 11.3 Å². The molecule has 3 N–H and O–H groups in total. The molecule has 10 heteroatoms. The van der Waals surface area contributed by atoms with Crippen LogP contribution >= 0.6 is 11.3 Å². The molecule has 4 aromatic heterocycles. The van der Waals surface area contributed by atoms with Crippen molar-refractivity contribution < 1.29 is 9.59 Å². The van der Waals surface area contributed by atoms with E-state index in [9.17, 15) is 9.59 Å². The average molecular weight is 391 g/mol. The molecule has 4 aromatic rings. The van der Waals surface area contributed by atoms with Gasteiger partial charge in [-0.05, 0) is 18.2 Å². The number of carbonyl (C=O) groups is 2. The lowest BCUT2D eigenvalue weighted by atomic mass is 10.0. The van der Waals surface area contributed by atoms with Crippen LogP contribution in [-0.2, 0) is 0 Å². The fraction of sp³-hybridized carbons (Fsp3) is 0.0556. The summed E-state index contributed by atoms with van der Waals surface area (Å²) in [7, 11) is 1.50. The van der Waals surface area contributed by atoms with Crippen molar-refractivity contribution in [2.24, 2.45) is 5.73 Å². The fourth-order valence-electron chi connectivity index (χ4n) is 2.69. The standard InChI is InChI=1S/C18H13N7O2S/c1-20-17(27)15-12(3-10(5-23-15)16(19)26)13-4-9-2-11(18-25-24-8-28-18)6-21-14(9)7-22-13/h2-8H,1H3,(H2,19,26)(H,20,27). The highest BCUT2D eigenvalue weighted by atomic mass is 32.1. The van der Waals surface area contributed by atoms with Crippen molar-refractivity contribution in [2.75, 3.05) is 7.05 Å². The monoisotopic (exact) mass is 391 g/mol. The van der Waals surface area contributed by atoms with Gasteiger partial charge in [-0.3, -0.25) is 19.6 Å². The summed E-state index contributed by atoms with van der Waals surface area (Å²) < 4.78 is 0. The SMILES string of the molecule is CNC(=O)c1ncc(C(N)=O)cc1-c1cc2cc(-c3nncs3)cnc2cn1. The molecule has 0 saturated carbocycles. The zero-order valence-corrected chi connectivity index (χ0v) is 15.4. The van der Waals surface area contributed by atoms with Crippen LogP contribution in [0.3, 0.4) is 0 Å². The first kappa shape index (κ1) is 17.6. The van der Waals surface area contributed by atoms with E-state index in [1.807, 2.05) is 6.07 Å². The maximum atomic E-state index is 12.2. The van der Waals surface area contributed by atoms with Crippen LogP contribution in [0.1, 0.15) is 20.8 Å². The highest BCUT2D eigenvalue weighted by Crippen LogP contribution is 2.28. The molecule has 0 aliphatic carbocycles. The molecular weight excluding hydrogens is 378 g/mol. The van der Waals surface area contributed by atoms with Crippen molar-refractivity contribution in [2.45, 2.75) is 0 Å². The molecule has 0 bridgehead atoms. The first-order valence-corrected chi connectivity index (χ1v) is 8.99. The van der Waals surface area contributed by atoms with Crippen molar-refractivity contribution in [3.8, 4) is 21.8 Å². The van der Waals surface area contributed by atoms with Crippen LogP contribution in [0.4, 0.5) is 0 Å². The van der Waals surface area contributed by atoms with Gasteiger partial charge in [0.1, 0.15) is 16.2 Å². The van der Waals surface area contributed by atoms with Gasteiger partial charge in [-0.1, -0.05) is 11.3 Å². The van der Waals surface area contributed by atoms with E-state index in [1.165, 1.54) is 30.6 Å². The Hall–Kier alpha value is -3.79. The van der Waals surface area contributed by atoms with Crippen LogP contribution in [0.5, 0.6) is 0 Å². The van der Waals surface area contributed by atoms with Crippen molar-refractivity contribution in [1.82, 2.24) is 30.5 Å². The Morgan fingerprint density at radius 1 is 1.07 bits per heavy atom. The predicted molar refractivity (Wildman–Crippen MR) is 104 cm³/mol. The molecule has 0 spiro atoms. The number of fused-ring (bicyclic) bond motifs is 1. The quantitative estimate of drug-likeness (QED) is 0.540. The normalized spacial score (nSPS) is 10.8. The first-order chi connectivity index (χ1) is 13.6. The van der Waals surface area contributed by atoms with Crippen molar-refractivity contribution in [3.63, 3.8) is 0 Å². The van der Waals surface area contributed by atoms with Gasteiger partial charge in [0, 0.05) is 36.0 Å². The first-order valence-electron chi connectivity index (χ1n) is 8.11. The lowest BCUT2D eigenvalue weighted by molar-refractivity contribution is 0.0955. The van der Waals surface area contributed by atoms with Gasteiger partial charge in [-0.15, -0.1) is 10.2 Å². The Balaban J connectivity index is 1.89. The van der Waals surface area contributed by atoms with Crippen LogP contribution in [0.25, 0.3) is 32.7 Å². The van der Waals surface area contributed by atoms with Gasteiger partial charge in [0.2, 0.25) is 5.91 Å². The molecule has 0 saturated heterocycles.